The fraction of sp³-hybridized carbons (Fsp3) is 0.167. The molecular formula is C12H11N3O5. The molecule has 0 fully saturated rings. The number of ether oxygens (including phenoxy) is 1. The van der Waals surface area contributed by atoms with Crippen LogP contribution in [-0.4, -0.2) is 32.2 Å². The molecule has 0 bridgehead atoms. The van der Waals surface area contributed by atoms with E-state index in [1.54, 1.807) is 12.1 Å². The maximum absolute atomic E-state index is 10.8. The summed E-state index contributed by atoms with van der Waals surface area (Å²) in [5.41, 5.74) is 0.140. The van der Waals surface area contributed by atoms with E-state index in [0.717, 1.165) is 0 Å². The van der Waals surface area contributed by atoms with Gasteiger partial charge in [0.1, 0.15) is 18.6 Å². The number of carboxylic acid groups (broad SMARTS) is 1. The van der Waals surface area contributed by atoms with Gasteiger partial charge in [-0.15, -0.1) is 0 Å². The van der Waals surface area contributed by atoms with E-state index in [1.807, 2.05) is 0 Å². The summed E-state index contributed by atoms with van der Waals surface area (Å²) in [7, 11) is 0. The molecule has 8 heteroatoms. The normalized spacial score (nSPS) is 10.2. The first-order chi connectivity index (χ1) is 9.56. The van der Waals surface area contributed by atoms with E-state index < -0.39 is 10.9 Å². The SMILES string of the molecule is O=C(O)c1cccc(OCCn2cnc([N+](=O)[O-])c2)c1. The van der Waals surface area contributed by atoms with Crippen molar-refractivity contribution in [2.75, 3.05) is 6.61 Å². The van der Waals surface area contributed by atoms with Gasteiger partial charge in [-0.2, -0.15) is 0 Å². The fourth-order valence-electron chi connectivity index (χ4n) is 1.55. The molecule has 0 radical (unpaired) electrons. The van der Waals surface area contributed by atoms with Gasteiger partial charge in [-0.05, 0) is 28.1 Å². The maximum Gasteiger partial charge on any atom is 0.381 e. The number of nitrogens with zero attached hydrogens (tertiary/aromatic N) is 3. The predicted molar refractivity (Wildman–Crippen MR) is 67.8 cm³/mol. The summed E-state index contributed by atoms with van der Waals surface area (Å²) >= 11 is 0. The molecule has 0 saturated carbocycles. The van der Waals surface area contributed by atoms with Gasteiger partial charge in [0.15, 0.2) is 0 Å². The smallest absolute Gasteiger partial charge is 0.381 e. The zero-order valence-electron chi connectivity index (χ0n) is 10.3. The molecule has 0 aliphatic heterocycles. The van der Waals surface area contributed by atoms with E-state index in [4.69, 9.17) is 9.84 Å². The summed E-state index contributed by atoms with van der Waals surface area (Å²) in [6.45, 7) is 0.620. The second-order valence-corrected chi connectivity index (χ2v) is 3.91. The van der Waals surface area contributed by atoms with Gasteiger partial charge in [-0.1, -0.05) is 6.07 Å². The number of nitro groups is 1. The van der Waals surface area contributed by atoms with Crippen molar-refractivity contribution in [3.63, 3.8) is 0 Å². The zero-order valence-corrected chi connectivity index (χ0v) is 10.3. The molecule has 0 amide bonds. The van der Waals surface area contributed by atoms with E-state index in [-0.39, 0.29) is 18.0 Å². The largest absolute Gasteiger partial charge is 0.492 e. The standard InChI is InChI=1S/C12H11N3O5/c16-12(17)9-2-1-3-10(6-9)20-5-4-14-7-11(13-8-14)15(18)19/h1-3,6-8H,4-5H2,(H,16,17). The number of hydrogen-bond donors (Lipinski definition) is 1. The van der Waals surface area contributed by atoms with Crippen LogP contribution in [0.5, 0.6) is 5.75 Å². The first kappa shape index (κ1) is 13.5. The summed E-state index contributed by atoms with van der Waals surface area (Å²) in [4.78, 5) is 24.3. The number of hydrogen-bond acceptors (Lipinski definition) is 5. The Hall–Kier alpha value is -2.90. The average molecular weight is 277 g/mol. The molecule has 1 N–H and O–H groups in total. The van der Waals surface area contributed by atoms with Crippen molar-refractivity contribution in [3.05, 3.63) is 52.5 Å². The van der Waals surface area contributed by atoms with Crippen LogP contribution in [0.2, 0.25) is 0 Å². The van der Waals surface area contributed by atoms with Crippen LogP contribution in [0.25, 0.3) is 0 Å². The third kappa shape index (κ3) is 3.31. The minimum absolute atomic E-state index is 0.140. The van der Waals surface area contributed by atoms with Crippen LogP contribution in [0.1, 0.15) is 10.4 Å². The molecule has 0 saturated heterocycles. The number of carboxylic acids is 1. The van der Waals surface area contributed by atoms with Crippen molar-refractivity contribution < 1.29 is 19.6 Å². The first-order valence-electron chi connectivity index (χ1n) is 5.68. The lowest BCUT2D eigenvalue weighted by molar-refractivity contribution is -0.389. The van der Waals surface area contributed by atoms with Crippen LogP contribution in [0.4, 0.5) is 5.82 Å². The van der Waals surface area contributed by atoms with Gasteiger partial charge in [-0.3, -0.25) is 0 Å². The van der Waals surface area contributed by atoms with E-state index in [0.29, 0.717) is 12.3 Å². The highest BCUT2D eigenvalue weighted by atomic mass is 16.6. The number of aromatic nitrogens is 2. The molecule has 2 aromatic rings. The molecule has 1 heterocycles. The molecular weight excluding hydrogens is 266 g/mol. The summed E-state index contributed by atoms with van der Waals surface area (Å²) < 4.78 is 6.92. The van der Waals surface area contributed by atoms with Gasteiger partial charge >= 0.3 is 11.8 Å². The van der Waals surface area contributed by atoms with Crippen LogP contribution in [-0.2, 0) is 6.54 Å². The second kappa shape index (κ2) is 5.83. The van der Waals surface area contributed by atoms with Gasteiger partial charge < -0.3 is 24.5 Å². The second-order valence-electron chi connectivity index (χ2n) is 3.91. The van der Waals surface area contributed by atoms with Crippen LogP contribution in [0, 0.1) is 10.1 Å². The molecule has 0 unspecified atom stereocenters. The highest BCUT2D eigenvalue weighted by Crippen LogP contribution is 2.13. The van der Waals surface area contributed by atoms with Crippen LogP contribution in [0.15, 0.2) is 36.8 Å². The topological polar surface area (TPSA) is 107 Å². The monoisotopic (exact) mass is 277 g/mol. The molecule has 8 nitrogen and oxygen atoms in total. The molecule has 20 heavy (non-hydrogen) atoms. The molecule has 1 aromatic carbocycles. The minimum atomic E-state index is -1.03. The lowest BCUT2D eigenvalue weighted by atomic mass is 10.2. The Morgan fingerprint density at radius 1 is 1.50 bits per heavy atom. The Morgan fingerprint density at radius 2 is 2.30 bits per heavy atom. The van der Waals surface area contributed by atoms with Crippen molar-refractivity contribution in [1.82, 2.24) is 9.55 Å². The van der Waals surface area contributed by atoms with E-state index in [1.165, 1.54) is 29.2 Å². The number of imidazole rings is 1. The average Bonchev–Trinajstić information content (AvgIpc) is 2.88. The van der Waals surface area contributed by atoms with Crippen molar-refractivity contribution in [1.29, 1.82) is 0 Å². The zero-order chi connectivity index (χ0) is 14.5. The summed E-state index contributed by atoms with van der Waals surface area (Å²) in [6, 6.07) is 6.11. The van der Waals surface area contributed by atoms with Crippen LogP contribution < -0.4 is 4.74 Å². The van der Waals surface area contributed by atoms with Gasteiger partial charge in [0, 0.05) is 0 Å². The molecule has 0 aliphatic rings. The van der Waals surface area contributed by atoms with E-state index in [2.05, 4.69) is 4.98 Å². The van der Waals surface area contributed by atoms with Gasteiger partial charge in [-0.25, -0.2) is 4.79 Å². The summed E-state index contributed by atoms with van der Waals surface area (Å²) in [6.07, 6.45) is 2.65. The first-order valence-corrected chi connectivity index (χ1v) is 5.68. The van der Waals surface area contributed by atoms with E-state index in [9.17, 15) is 14.9 Å². The van der Waals surface area contributed by atoms with Crippen molar-refractivity contribution >= 4 is 11.8 Å². The van der Waals surface area contributed by atoms with Crippen LogP contribution >= 0.6 is 0 Å². The lowest BCUT2D eigenvalue weighted by Crippen LogP contribution is -2.07. The molecule has 0 aliphatic carbocycles. The summed E-state index contributed by atoms with van der Waals surface area (Å²) in [5, 5.41) is 19.3. The number of benzene rings is 1. The quantitative estimate of drug-likeness (QED) is 0.634. The number of carbonyl (C=O) groups is 1. The van der Waals surface area contributed by atoms with E-state index >= 15 is 0 Å². The molecule has 104 valence electrons. The Bertz CT molecular complexity index is 638. The molecule has 0 atom stereocenters. The Kier molecular flexibility index (Phi) is 3.94. The van der Waals surface area contributed by atoms with Gasteiger partial charge in [0.05, 0.1) is 12.1 Å². The Balaban J connectivity index is 1.90. The molecule has 0 spiro atoms. The number of aromatic carboxylic acids is 1. The Labute approximate surface area is 113 Å². The maximum atomic E-state index is 10.8. The highest BCUT2D eigenvalue weighted by molar-refractivity contribution is 5.87. The van der Waals surface area contributed by atoms with Gasteiger partial charge in [0.25, 0.3) is 0 Å². The predicted octanol–water partition coefficient (Wildman–Crippen LogP) is 1.57. The Morgan fingerprint density at radius 3 is 2.95 bits per heavy atom. The minimum Gasteiger partial charge on any atom is -0.492 e. The lowest BCUT2D eigenvalue weighted by Gasteiger charge is -2.06. The third-order valence-corrected chi connectivity index (χ3v) is 2.51. The van der Waals surface area contributed by atoms with Gasteiger partial charge in [0.2, 0.25) is 6.33 Å². The third-order valence-electron chi connectivity index (χ3n) is 2.51. The molecule has 2 rings (SSSR count). The summed E-state index contributed by atoms with van der Waals surface area (Å²) in [5.74, 6) is -0.821. The van der Waals surface area contributed by atoms with Crippen molar-refractivity contribution in [2.24, 2.45) is 0 Å². The van der Waals surface area contributed by atoms with Crippen molar-refractivity contribution in [2.45, 2.75) is 6.54 Å². The molecule has 1 aromatic heterocycles. The fourth-order valence-corrected chi connectivity index (χ4v) is 1.55. The highest BCUT2D eigenvalue weighted by Gasteiger charge is 2.09. The van der Waals surface area contributed by atoms with Crippen LogP contribution in [0.3, 0.4) is 0 Å². The number of rotatable bonds is 6. The van der Waals surface area contributed by atoms with Crippen molar-refractivity contribution in [3.8, 4) is 5.75 Å².